The SMILES string of the molecule is CCNC(=O)C(C)Oc1ccc(C(=O)O)cc1OC. The van der Waals surface area contributed by atoms with Crippen LogP contribution >= 0.6 is 0 Å². The molecule has 1 amide bonds. The van der Waals surface area contributed by atoms with Crippen molar-refractivity contribution in [3.63, 3.8) is 0 Å². The summed E-state index contributed by atoms with van der Waals surface area (Å²) < 4.78 is 10.5. The average molecular weight is 267 g/mol. The van der Waals surface area contributed by atoms with Crippen molar-refractivity contribution in [2.75, 3.05) is 13.7 Å². The first-order valence-corrected chi connectivity index (χ1v) is 5.85. The maximum Gasteiger partial charge on any atom is 0.335 e. The summed E-state index contributed by atoms with van der Waals surface area (Å²) in [6.07, 6.45) is -0.690. The number of rotatable bonds is 6. The Hall–Kier alpha value is -2.24. The molecular weight excluding hydrogens is 250 g/mol. The predicted molar refractivity (Wildman–Crippen MR) is 68.7 cm³/mol. The van der Waals surface area contributed by atoms with Crippen molar-refractivity contribution in [1.82, 2.24) is 5.32 Å². The number of ether oxygens (including phenoxy) is 2. The van der Waals surface area contributed by atoms with Gasteiger partial charge in [0.15, 0.2) is 17.6 Å². The van der Waals surface area contributed by atoms with Crippen LogP contribution in [0.25, 0.3) is 0 Å². The zero-order chi connectivity index (χ0) is 14.4. The summed E-state index contributed by atoms with van der Waals surface area (Å²) >= 11 is 0. The summed E-state index contributed by atoms with van der Waals surface area (Å²) in [5.74, 6) is -0.698. The third-order valence-electron chi connectivity index (χ3n) is 2.43. The van der Waals surface area contributed by atoms with E-state index < -0.39 is 12.1 Å². The molecule has 104 valence electrons. The van der Waals surface area contributed by atoms with Gasteiger partial charge in [-0.2, -0.15) is 0 Å². The van der Waals surface area contributed by atoms with Gasteiger partial charge in [0.1, 0.15) is 0 Å². The van der Waals surface area contributed by atoms with Gasteiger partial charge < -0.3 is 19.9 Å². The molecule has 0 spiro atoms. The molecule has 0 radical (unpaired) electrons. The van der Waals surface area contributed by atoms with Crippen LogP contribution in [-0.2, 0) is 4.79 Å². The van der Waals surface area contributed by atoms with E-state index in [9.17, 15) is 9.59 Å². The minimum Gasteiger partial charge on any atom is -0.493 e. The minimum absolute atomic E-state index is 0.0925. The molecule has 0 heterocycles. The lowest BCUT2D eigenvalue weighted by Crippen LogP contribution is -2.36. The van der Waals surface area contributed by atoms with Crippen molar-refractivity contribution in [2.24, 2.45) is 0 Å². The lowest BCUT2D eigenvalue weighted by molar-refractivity contribution is -0.127. The second kappa shape index (κ2) is 6.63. The smallest absolute Gasteiger partial charge is 0.335 e. The Kier molecular flexibility index (Phi) is 5.17. The summed E-state index contributed by atoms with van der Waals surface area (Å²) in [6.45, 7) is 3.93. The fourth-order valence-electron chi connectivity index (χ4n) is 1.46. The molecular formula is C13H17NO5. The molecule has 0 aliphatic heterocycles. The van der Waals surface area contributed by atoms with Gasteiger partial charge in [0, 0.05) is 6.54 Å². The van der Waals surface area contributed by atoms with Crippen molar-refractivity contribution in [3.8, 4) is 11.5 Å². The van der Waals surface area contributed by atoms with Crippen LogP contribution in [0.5, 0.6) is 11.5 Å². The van der Waals surface area contributed by atoms with Crippen LogP contribution in [0.4, 0.5) is 0 Å². The molecule has 0 fully saturated rings. The highest BCUT2D eigenvalue weighted by Gasteiger charge is 2.17. The maximum absolute atomic E-state index is 11.6. The maximum atomic E-state index is 11.6. The lowest BCUT2D eigenvalue weighted by atomic mass is 10.2. The number of carbonyl (C=O) groups is 2. The van der Waals surface area contributed by atoms with Crippen LogP contribution in [0.15, 0.2) is 18.2 Å². The van der Waals surface area contributed by atoms with E-state index in [0.29, 0.717) is 12.3 Å². The molecule has 6 heteroatoms. The average Bonchev–Trinajstić information content (AvgIpc) is 2.39. The molecule has 1 atom stereocenters. The number of methoxy groups -OCH3 is 1. The highest BCUT2D eigenvalue weighted by Crippen LogP contribution is 2.29. The van der Waals surface area contributed by atoms with Gasteiger partial charge in [-0.1, -0.05) is 0 Å². The third kappa shape index (κ3) is 3.87. The Morgan fingerprint density at radius 2 is 2.05 bits per heavy atom. The van der Waals surface area contributed by atoms with Crippen molar-refractivity contribution in [3.05, 3.63) is 23.8 Å². The van der Waals surface area contributed by atoms with Gasteiger partial charge in [-0.25, -0.2) is 4.79 Å². The quantitative estimate of drug-likeness (QED) is 0.811. The molecule has 0 aliphatic carbocycles. The number of carboxylic acids is 1. The monoisotopic (exact) mass is 267 g/mol. The molecule has 1 unspecified atom stereocenters. The number of hydrogen-bond acceptors (Lipinski definition) is 4. The second-order valence-electron chi connectivity index (χ2n) is 3.83. The first-order valence-electron chi connectivity index (χ1n) is 5.85. The van der Waals surface area contributed by atoms with E-state index in [4.69, 9.17) is 14.6 Å². The van der Waals surface area contributed by atoms with Crippen molar-refractivity contribution in [1.29, 1.82) is 0 Å². The number of hydrogen-bond donors (Lipinski definition) is 2. The third-order valence-corrected chi connectivity index (χ3v) is 2.43. The number of benzene rings is 1. The van der Waals surface area contributed by atoms with Crippen LogP contribution in [0, 0.1) is 0 Å². The zero-order valence-corrected chi connectivity index (χ0v) is 11.1. The largest absolute Gasteiger partial charge is 0.493 e. The number of aromatic carboxylic acids is 1. The van der Waals surface area contributed by atoms with E-state index in [-0.39, 0.29) is 17.2 Å². The molecule has 1 rings (SSSR count). The fraction of sp³-hybridized carbons (Fsp3) is 0.385. The Morgan fingerprint density at radius 3 is 2.58 bits per heavy atom. The van der Waals surface area contributed by atoms with Gasteiger partial charge in [0.2, 0.25) is 0 Å². The van der Waals surface area contributed by atoms with Crippen molar-refractivity contribution >= 4 is 11.9 Å². The van der Waals surface area contributed by atoms with Crippen LogP contribution < -0.4 is 14.8 Å². The predicted octanol–water partition coefficient (Wildman–Crippen LogP) is 1.30. The van der Waals surface area contributed by atoms with Gasteiger partial charge in [0.05, 0.1) is 12.7 Å². The molecule has 2 N–H and O–H groups in total. The topological polar surface area (TPSA) is 84.9 Å². The molecule has 0 saturated carbocycles. The van der Waals surface area contributed by atoms with Gasteiger partial charge in [-0.15, -0.1) is 0 Å². The Morgan fingerprint density at radius 1 is 1.37 bits per heavy atom. The van der Waals surface area contributed by atoms with Crippen molar-refractivity contribution < 1.29 is 24.2 Å². The van der Waals surface area contributed by atoms with Crippen molar-refractivity contribution in [2.45, 2.75) is 20.0 Å². The van der Waals surface area contributed by atoms with Crippen LogP contribution in [0.1, 0.15) is 24.2 Å². The van der Waals surface area contributed by atoms with Gasteiger partial charge in [-0.3, -0.25) is 4.79 Å². The number of nitrogens with one attached hydrogen (secondary N) is 1. The van der Waals surface area contributed by atoms with Gasteiger partial charge in [-0.05, 0) is 32.0 Å². The second-order valence-corrected chi connectivity index (χ2v) is 3.83. The van der Waals surface area contributed by atoms with E-state index in [1.807, 2.05) is 6.92 Å². The normalized spacial score (nSPS) is 11.5. The first-order chi connectivity index (χ1) is 8.99. The van der Waals surface area contributed by atoms with Crippen LogP contribution in [0.3, 0.4) is 0 Å². The standard InChI is InChI=1S/C13H17NO5/c1-4-14-12(15)8(2)19-10-6-5-9(13(16)17)7-11(10)18-3/h5-8H,4H2,1-3H3,(H,14,15)(H,16,17). The summed E-state index contributed by atoms with van der Waals surface area (Å²) in [5.41, 5.74) is 0.0925. The molecule has 0 saturated heterocycles. The van der Waals surface area contributed by atoms with Crippen LogP contribution in [0.2, 0.25) is 0 Å². The lowest BCUT2D eigenvalue weighted by Gasteiger charge is -2.16. The van der Waals surface area contributed by atoms with E-state index in [0.717, 1.165) is 0 Å². The molecule has 19 heavy (non-hydrogen) atoms. The highest BCUT2D eigenvalue weighted by molar-refractivity contribution is 5.88. The molecule has 1 aromatic carbocycles. The molecule has 1 aromatic rings. The number of likely N-dealkylation sites (N-methyl/N-ethyl adjacent to an activating group) is 1. The Bertz CT molecular complexity index is 472. The fourth-order valence-corrected chi connectivity index (χ4v) is 1.46. The van der Waals surface area contributed by atoms with E-state index in [2.05, 4.69) is 5.32 Å². The number of carboxylic acid groups (broad SMARTS) is 1. The molecule has 0 bridgehead atoms. The van der Waals surface area contributed by atoms with E-state index in [1.165, 1.54) is 25.3 Å². The Labute approximate surface area is 111 Å². The molecule has 6 nitrogen and oxygen atoms in total. The van der Waals surface area contributed by atoms with Gasteiger partial charge in [0.25, 0.3) is 5.91 Å². The van der Waals surface area contributed by atoms with Crippen LogP contribution in [-0.4, -0.2) is 36.7 Å². The first kappa shape index (κ1) is 14.8. The summed E-state index contributed by atoms with van der Waals surface area (Å²) in [4.78, 5) is 22.4. The molecule has 0 aliphatic rings. The minimum atomic E-state index is -1.05. The zero-order valence-electron chi connectivity index (χ0n) is 11.1. The van der Waals surface area contributed by atoms with E-state index >= 15 is 0 Å². The number of carbonyl (C=O) groups excluding carboxylic acids is 1. The summed E-state index contributed by atoms with van der Waals surface area (Å²) in [7, 11) is 1.41. The van der Waals surface area contributed by atoms with Gasteiger partial charge >= 0.3 is 5.97 Å². The highest BCUT2D eigenvalue weighted by atomic mass is 16.5. The Balaban J connectivity index is 2.89. The number of amides is 1. The molecule has 0 aromatic heterocycles. The van der Waals surface area contributed by atoms with E-state index in [1.54, 1.807) is 6.92 Å². The summed E-state index contributed by atoms with van der Waals surface area (Å²) in [5, 5.41) is 11.5. The summed E-state index contributed by atoms with van der Waals surface area (Å²) in [6, 6.07) is 4.21.